The smallest absolute Gasteiger partial charge is 0.194 e. The zero-order chi connectivity index (χ0) is 16.6. The van der Waals surface area contributed by atoms with Crippen LogP contribution in [0.5, 0.6) is 0 Å². The minimum atomic E-state index is 0.217. The summed E-state index contributed by atoms with van der Waals surface area (Å²) < 4.78 is 0. The van der Waals surface area contributed by atoms with Gasteiger partial charge >= 0.3 is 0 Å². The number of aromatic nitrogens is 1. The molecular weight excluding hydrogens is 284 g/mol. The Bertz CT molecular complexity index is 775. The maximum Gasteiger partial charge on any atom is 0.194 e. The normalized spacial score (nSPS) is 19.4. The number of pyridine rings is 1. The third-order valence-corrected chi connectivity index (χ3v) is 5.34. The molecule has 0 unspecified atom stereocenters. The molecule has 0 radical (unpaired) electrons. The fourth-order valence-corrected chi connectivity index (χ4v) is 4.09. The van der Waals surface area contributed by atoms with Gasteiger partial charge in [0.2, 0.25) is 0 Å². The second kappa shape index (κ2) is 6.48. The number of fused-ring (bicyclic) bond motifs is 1. The van der Waals surface area contributed by atoms with Gasteiger partial charge in [-0.1, -0.05) is 19.4 Å². The maximum atomic E-state index is 13.1. The molecule has 1 aromatic heterocycles. The molecule has 3 heteroatoms. The minimum Gasteiger partial charge on any atom is -0.358 e. The van der Waals surface area contributed by atoms with Gasteiger partial charge in [-0.05, 0) is 63.8 Å². The molecule has 3 rings (SSSR count). The first kappa shape index (κ1) is 16.3. The van der Waals surface area contributed by atoms with Gasteiger partial charge in [-0.2, -0.15) is 0 Å². The van der Waals surface area contributed by atoms with Crippen molar-refractivity contribution in [3.8, 4) is 0 Å². The minimum absolute atomic E-state index is 0.217. The number of aryl methyl sites for hydroxylation is 3. The van der Waals surface area contributed by atoms with Crippen molar-refractivity contribution in [3.05, 3.63) is 44.7 Å². The first-order valence-electron chi connectivity index (χ1n) is 8.88. The molecule has 2 heterocycles. The molecule has 1 fully saturated rings. The SMILES string of the molecule is CC[C@H]1CCCCN1Cc1c(C)[nH]c2cc(C)cc(C)c2c1=O. The Balaban J connectivity index is 2.06. The van der Waals surface area contributed by atoms with E-state index in [0.717, 1.165) is 40.8 Å². The highest BCUT2D eigenvalue weighted by Crippen LogP contribution is 2.23. The molecule has 124 valence electrons. The first-order chi connectivity index (χ1) is 11.0. The number of likely N-dealkylation sites (tertiary alicyclic amines) is 1. The predicted octanol–water partition coefficient (Wildman–Crippen LogP) is 4.22. The number of H-pyrrole nitrogens is 1. The van der Waals surface area contributed by atoms with Gasteiger partial charge in [-0.3, -0.25) is 9.69 Å². The van der Waals surface area contributed by atoms with E-state index < -0.39 is 0 Å². The molecule has 0 saturated carbocycles. The Kier molecular flexibility index (Phi) is 4.58. The largest absolute Gasteiger partial charge is 0.358 e. The van der Waals surface area contributed by atoms with Crippen LogP contribution in [0.3, 0.4) is 0 Å². The number of nitrogens with zero attached hydrogens (tertiary/aromatic N) is 1. The number of rotatable bonds is 3. The molecular formula is C20H28N2O. The lowest BCUT2D eigenvalue weighted by Crippen LogP contribution is -2.39. The number of aromatic amines is 1. The molecule has 1 aliphatic heterocycles. The van der Waals surface area contributed by atoms with E-state index in [1.165, 1.54) is 31.2 Å². The Morgan fingerprint density at radius 3 is 2.74 bits per heavy atom. The summed E-state index contributed by atoms with van der Waals surface area (Å²) in [6.07, 6.45) is 5.00. The van der Waals surface area contributed by atoms with Crippen LogP contribution in [0.1, 0.15) is 55.0 Å². The van der Waals surface area contributed by atoms with Crippen LogP contribution in [0.4, 0.5) is 0 Å². The fraction of sp³-hybridized carbons (Fsp3) is 0.550. The molecule has 1 N–H and O–H groups in total. The van der Waals surface area contributed by atoms with Gasteiger partial charge in [-0.25, -0.2) is 0 Å². The van der Waals surface area contributed by atoms with Crippen molar-refractivity contribution in [3.63, 3.8) is 0 Å². The summed E-state index contributed by atoms with van der Waals surface area (Å²) in [6.45, 7) is 10.3. The summed E-state index contributed by atoms with van der Waals surface area (Å²) in [6, 6.07) is 4.81. The second-order valence-electron chi connectivity index (χ2n) is 7.09. The quantitative estimate of drug-likeness (QED) is 0.921. The Labute approximate surface area is 138 Å². The third-order valence-electron chi connectivity index (χ3n) is 5.34. The highest BCUT2D eigenvalue weighted by molar-refractivity contribution is 5.83. The van der Waals surface area contributed by atoms with E-state index in [4.69, 9.17) is 0 Å². The molecule has 2 aromatic rings. The summed E-state index contributed by atoms with van der Waals surface area (Å²) in [5.41, 5.74) is 5.43. The Morgan fingerprint density at radius 1 is 1.22 bits per heavy atom. The lowest BCUT2D eigenvalue weighted by atomic mass is 9.97. The highest BCUT2D eigenvalue weighted by atomic mass is 16.1. The molecule has 3 nitrogen and oxygen atoms in total. The molecule has 1 aliphatic rings. The lowest BCUT2D eigenvalue weighted by molar-refractivity contribution is 0.135. The van der Waals surface area contributed by atoms with Crippen molar-refractivity contribution in [1.29, 1.82) is 0 Å². The Morgan fingerprint density at radius 2 is 2.00 bits per heavy atom. The van der Waals surface area contributed by atoms with Crippen LogP contribution in [0.25, 0.3) is 10.9 Å². The predicted molar refractivity (Wildman–Crippen MR) is 97.1 cm³/mol. The standard InChI is InChI=1S/C20H28N2O/c1-5-16-8-6-7-9-22(16)12-17-15(4)21-18-11-13(2)10-14(3)19(18)20(17)23/h10-11,16H,5-9,12H2,1-4H3,(H,21,23)/t16-/m0/s1. The summed E-state index contributed by atoms with van der Waals surface area (Å²) in [5, 5.41) is 0.862. The second-order valence-corrected chi connectivity index (χ2v) is 7.09. The van der Waals surface area contributed by atoms with E-state index in [-0.39, 0.29) is 5.43 Å². The number of benzene rings is 1. The molecule has 1 aromatic carbocycles. The van der Waals surface area contributed by atoms with E-state index in [9.17, 15) is 4.79 Å². The molecule has 23 heavy (non-hydrogen) atoms. The average molecular weight is 312 g/mol. The van der Waals surface area contributed by atoms with Crippen molar-refractivity contribution in [2.24, 2.45) is 0 Å². The van der Waals surface area contributed by atoms with Gasteiger partial charge in [0.15, 0.2) is 5.43 Å². The van der Waals surface area contributed by atoms with Crippen LogP contribution < -0.4 is 5.43 Å². The average Bonchev–Trinajstić information content (AvgIpc) is 2.50. The maximum absolute atomic E-state index is 13.1. The number of piperidine rings is 1. The number of hydrogen-bond donors (Lipinski definition) is 1. The monoisotopic (exact) mass is 312 g/mol. The Hall–Kier alpha value is -1.61. The van der Waals surface area contributed by atoms with Crippen molar-refractivity contribution in [2.75, 3.05) is 6.54 Å². The molecule has 0 spiro atoms. The van der Waals surface area contributed by atoms with E-state index in [0.29, 0.717) is 6.04 Å². The fourth-order valence-electron chi connectivity index (χ4n) is 4.09. The van der Waals surface area contributed by atoms with E-state index >= 15 is 0 Å². The number of nitrogens with one attached hydrogen (secondary N) is 1. The van der Waals surface area contributed by atoms with Crippen LogP contribution in [0.15, 0.2) is 16.9 Å². The first-order valence-corrected chi connectivity index (χ1v) is 8.88. The zero-order valence-electron chi connectivity index (χ0n) is 14.8. The van der Waals surface area contributed by atoms with Gasteiger partial charge < -0.3 is 4.98 Å². The van der Waals surface area contributed by atoms with Crippen molar-refractivity contribution in [1.82, 2.24) is 9.88 Å². The van der Waals surface area contributed by atoms with E-state index in [1.54, 1.807) is 0 Å². The van der Waals surface area contributed by atoms with Gasteiger partial charge in [0.1, 0.15) is 0 Å². The zero-order valence-corrected chi connectivity index (χ0v) is 14.8. The van der Waals surface area contributed by atoms with Crippen LogP contribution >= 0.6 is 0 Å². The highest BCUT2D eigenvalue weighted by Gasteiger charge is 2.23. The van der Waals surface area contributed by atoms with Crippen LogP contribution in [0.2, 0.25) is 0 Å². The van der Waals surface area contributed by atoms with E-state index in [2.05, 4.69) is 35.9 Å². The third kappa shape index (κ3) is 3.07. The van der Waals surface area contributed by atoms with Crippen LogP contribution in [-0.2, 0) is 6.54 Å². The van der Waals surface area contributed by atoms with Gasteiger partial charge in [0.25, 0.3) is 0 Å². The van der Waals surface area contributed by atoms with Gasteiger partial charge in [-0.15, -0.1) is 0 Å². The van der Waals surface area contributed by atoms with Crippen molar-refractivity contribution >= 4 is 10.9 Å². The van der Waals surface area contributed by atoms with Crippen molar-refractivity contribution < 1.29 is 0 Å². The van der Waals surface area contributed by atoms with Gasteiger partial charge in [0, 0.05) is 29.2 Å². The molecule has 1 saturated heterocycles. The van der Waals surface area contributed by atoms with Crippen molar-refractivity contribution in [2.45, 2.75) is 66.0 Å². The van der Waals surface area contributed by atoms with Crippen LogP contribution in [0, 0.1) is 20.8 Å². The summed E-state index contributed by atoms with van der Waals surface area (Å²) in [4.78, 5) is 19.1. The molecule has 0 aliphatic carbocycles. The summed E-state index contributed by atoms with van der Waals surface area (Å²) in [7, 11) is 0. The molecule has 1 atom stereocenters. The topological polar surface area (TPSA) is 36.1 Å². The molecule has 0 bridgehead atoms. The molecule has 0 amide bonds. The van der Waals surface area contributed by atoms with E-state index in [1.807, 2.05) is 13.8 Å². The number of hydrogen-bond acceptors (Lipinski definition) is 2. The summed E-state index contributed by atoms with van der Waals surface area (Å²) >= 11 is 0. The summed E-state index contributed by atoms with van der Waals surface area (Å²) in [5.74, 6) is 0. The van der Waals surface area contributed by atoms with Gasteiger partial charge in [0.05, 0.1) is 5.52 Å². The van der Waals surface area contributed by atoms with Crippen LogP contribution in [-0.4, -0.2) is 22.5 Å². The lowest BCUT2D eigenvalue weighted by Gasteiger charge is -2.35.